The lowest BCUT2D eigenvalue weighted by molar-refractivity contribution is -0.207. The van der Waals surface area contributed by atoms with E-state index in [1.54, 1.807) is 0 Å². The van der Waals surface area contributed by atoms with Crippen LogP contribution in [-0.2, 0) is 24.1 Å². The number of rotatable bonds is 8. The first-order valence-corrected chi connectivity index (χ1v) is 10.9. The van der Waals surface area contributed by atoms with Gasteiger partial charge in [0.15, 0.2) is 11.9 Å². The zero-order valence-electron chi connectivity index (χ0n) is 19.1. The minimum Gasteiger partial charge on any atom is -0.382 e. The number of aromatic nitrogens is 3. The maximum absolute atomic E-state index is 13.2. The van der Waals surface area contributed by atoms with E-state index in [1.807, 2.05) is 0 Å². The number of nitrogens with one attached hydrogen (secondary N) is 1. The summed E-state index contributed by atoms with van der Waals surface area (Å²) in [4.78, 5) is 25.2. The van der Waals surface area contributed by atoms with Crippen molar-refractivity contribution in [2.24, 2.45) is 5.73 Å². The number of hydrogen-bond acceptors (Lipinski definition) is 5. The predicted octanol–water partition coefficient (Wildman–Crippen LogP) is 3.55. The molecule has 38 heavy (non-hydrogen) atoms. The van der Waals surface area contributed by atoms with Crippen LogP contribution in [0.1, 0.15) is 17.2 Å². The minimum atomic E-state index is -5.03. The van der Waals surface area contributed by atoms with Crippen LogP contribution in [0, 0.1) is 0 Å². The maximum atomic E-state index is 13.2. The van der Waals surface area contributed by atoms with Crippen LogP contribution < -0.4 is 16.7 Å². The fourth-order valence-electron chi connectivity index (χ4n) is 3.40. The van der Waals surface area contributed by atoms with Crippen molar-refractivity contribution in [1.82, 2.24) is 19.7 Å². The van der Waals surface area contributed by atoms with Crippen molar-refractivity contribution in [1.29, 1.82) is 0 Å². The number of benzene rings is 2. The summed E-state index contributed by atoms with van der Waals surface area (Å²) in [5.74, 6) is -1.15. The summed E-state index contributed by atoms with van der Waals surface area (Å²) < 4.78 is 79.6. The second-order valence-corrected chi connectivity index (χ2v) is 8.37. The Morgan fingerprint density at radius 1 is 1.08 bits per heavy atom. The number of aliphatic hydroxyl groups is 1. The standard InChI is InChI=1S/C22H20ClF6N5O3.ClH/c23-13-7-5-12(6-8-13)19-32-34(20(37)33(19)10-17(35)22(27,28)29)11-18(36)31-9-16(30)14-3-1-2-4-15(14)21(24,25)26;/h1-8,16-17,35H,9-11,30H2,(H,31,36);1H/t16?,17-;/m0./s1. The molecule has 0 radical (unpaired) electrons. The van der Waals surface area contributed by atoms with Crippen molar-refractivity contribution in [3.05, 3.63) is 75.2 Å². The van der Waals surface area contributed by atoms with Gasteiger partial charge in [0.1, 0.15) is 6.54 Å². The Labute approximate surface area is 222 Å². The normalized spacial score (nSPS) is 13.5. The Morgan fingerprint density at radius 3 is 2.26 bits per heavy atom. The largest absolute Gasteiger partial charge is 0.416 e. The molecule has 0 saturated carbocycles. The van der Waals surface area contributed by atoms with Crippen LogP contribution in [0.25, 0.3) is 11.4 Å². The molecule has 1 unspecified atom stereocenters. The summed E-state index contributed by atoms with van der Waals surface area (Å²) in [6, 6.07) is 8.86. The minimum absolute atomic E-state index is 0. The van der Waals surface area contributed by atoms with Crippen LogP contribution in [0.2, 0.25) is 5.02 Å². The molecule has 0 saturated heterocycles. The molecule has 208 valence electrons. The summed E-state index contributed by atoms with van der Waals surface area (Å²) >= 11 is 5.82. The van der Waals surface area contributed by atoms with Gasteiger partial charge in [0.2, 0.25) is 5.91 Å². The lowest BCUT2D eigenvalue weighted by Crippen LogP contribution is -2.39. The Balaban J connectivity index is 0.00000507. The van der Waals surface area contributed by atoms with Crippen molar-refractivity contribution in [2.75, 3.05) is 6.54 Å². The summed E-state index contributed by atoms with van der Waals surface area (Å²) in [5.41, 5.74) is 3.65. The molecule has 16 heteroatoms. The Bertz CT molecular complexity index is 1310. The van der Waals surface area contributed by atoms with Gasteiger partial charge in [-0.3, -0.25) is 9.36 Å². The monoisotopic (exact) mass is 587 g/mol. The molecule has 0 bridgehead atoms. The molecule has 3 rings (SSSR count). The first kappa shape index (κ1) is 31.1. The van der Waals surface area contributed by atoms with Crippen molar-refractivity contribution in [3.63, 3.8) is 0 Å². The zero-order valence-corrected chi connectivity index (χ0v) is 20.7. The van der Waals surface area contributed by atoms with Gasteiger partial charge < -0.3 is 16.2 Å². The second kappa shape index (κ2) is 12.2. The zero-order chi connectivity index (χ0) is 27.5. The molecule has 0 aliphatic rings. The van der Waals surface area contributed by atoms with Crippen LogP contribution >= 0.6 is 24.0 Å². The van der Waals surface area contributed by atoms with Gasteiger partial charge in [0, 0.05) is 23.2 Å². The highest BCUT2D eigenvalue weighted by Crippen LogP contribution is 2.33. The molecule has 1 aromatic heterocycles. The van der Waals surface area contributed by atoms with E-state index in [0.717, 1.165) is 12.1 Å². The number of hydrogen-bond donors (Lipinski definition) is 3. The lowest BCUT2D eigenvalue weighted by atomic mass is 10.0. The number of halogens is 8. The van der Waals surface area contributed by atoms with Crippen LogP contribution in [-0.4, -0.2) is 44.2 Å². The molecule has 0 aliphatic carbocycles. The van der Waals surface area contributed by atoms with Crippen molar-refractivity contribution < 1.29 is 36.2 Å². The van der Waals surface area contributed by atoms with Crippen LogP contribution in [0.5, 0.6) is 0 Å². The van der Waals surface area contributed by atoms with Crippen LogP contribution in [0.4, 0.5) is 26.3 Å². The van der Waals surface area contributed by atoms with Gasteiger partial charge in [0.25, 0.3) is 0 Å². The molecule has 1 amide bonds. The number of alkyl halides is 6. The van der Waals surface area contributed by atoms with Crippen molar-refractivity contribution in [3.8, 4) is 11.4 Å². The quantitative estimate of drug-likeness (QED) is 0.349. The smallest absolute Gasteiger partial charge is 0.382 e. The first-order chi connectivity index (χ1) is 17.2. The molecule has 2 atom stereocenters. The number of nitrogens with two attached hydrogens (primary N) is 1. The topological polar surface area (TPSA) is 115 Å². The van der Waals surface area contributed by atoms with E-state index in [4.69, 9.17) is 17.3 Å². The second-order valence-electron chi connectivity index (χ2n) is 7.93. The average molecular weight is 588 g/mol. The lowest BCUT2D eigenvalue weighted by Gasteiger charge is -2.18. The van der Waals surface area contributed by atoms with E-state index in [1.165, 1.54) is 36.4 Å². The fraction of sp³-hybridized carbons (Fsp3) is 0.318. The van der Waals surface area contributed by atoms with Crippen molar-refractivity contribution in [2.45, 2.75) is 37.6 Å². The SMILES string of the molecule is Cl.NC(CNC(=O)Cn1nc(-c2ccc(Cl)cc2)n(C[C@H](O)C(F)(F)F)c1=O)c1ccccc1C(F)(F)F. The highest BCUT2D eigenvalue weighted by Gasteiger charge is 2.39. The third-order valence-corrected chi connectivity index (χ3v) is 5.49. The molecule has 4 N–H and O–H groups in total. The highest BCUT2D eigenvalue weighted by atomic mass is 35.5. The van der Waals surface area contributed by atoms with Gasteiger partial charge >= 0.3 is 18.0 Å². The Kier molecular flexibility index (Phi) is 10.00. The number of carbonyl (C=O) groups excluding carboxylic acids is 1. The van der Waals surface area contributed by atoms with Gasteiger partial charge in [-0.15, -0.1) is 17.5 Å². The van der Waals surface area contributed by atoms with Crippen molar-refractivity contribution >= 4 is 29.9 Å². The van der Waals surface area contributed by atoms with Gasteiger partial charge in [-0.2, -0.15) is 26.3 Å². The van der Waals surface area contributed by atoms with E-state index in [9.17, 15) is 41.0 Å². The van der Waals surface area contributed by atoms with E-state index < -0.39 is 61.3 Å². The Hall–Kier alpha value is -3.07. The molecule has 0 spiro atoms. The summed E-state index contributed by atoms with van der Waals surface area (Å²) in [6.45, 7) is -2.40. The van der Waals surface area contributed by atoms with Gasteiger partial charge in [-0.05, 0) is 35.9 Å². The van der Waals surface area contributed by atoms with Crippen LogP contribution in [0.15, 0.2) is 53.3 Å². The molecular formula is C22H21Cl2F6N5O3. The number of carbonyl (C=O) groups is 1. The third kappa shape index (κ3) is 7.49. The average Bonchev–Trinajstić information content (AvgIpc) is 3.11. The molecule has 2 aromatic carbocycles. The first-order valence-electron chi connectivity index (χ1n) is 10.5. The number of amides is 1. The van der Waals surface area contributed by atoms with E-state index in [0.29, 0.717) is 14.3 Å². The molecule has 0 aliphatic heterocycles. The van der Waals surface area contributed by atoms with Gasteiger partial charge in [-0.25, -0.2) is 9.48 Å². The van der Waals surface area contributed by atoms with E-state index in [2.05, 4.69) is 10.4 Å². The summed E-state index contributed by atoms with van der Waals surface area (Å²) in [6.07, 6.45) is -12.6. The van der Waals surface area contributed by atoms with Gasteiger partial charge in [-0.1, -0.05) is 29.8 Å². The molecular weight excluding hydrogens is 567 g/mol. The molecule has 8 nitrogen and oxygen atoms in total. The molecule has 1 heterocycles. The predicted molar refractivity (Wildman–Crippen MR) is 128 cm³/mol. The highest BCUT2D eigenvalue weighted by molar-refractivity contribution is 6.30. The molecule has 0 fully saturated rings. The van der Waals surface area contributed by atoms with E-state index >= 15 is 0 Å². The number of nitrogens with zero attached hydrogens (tertiary/aromatic N) is 3. The van der Waals surface area contributed by atoms with Gasteiger partial charge in [0.05, 0.1) is 12.1 Å². The number of aliphatic hydroxyl groups excluding tert-OH is 1. The van der Waals surface area contributed by atoms with Crippen LogP contribution in [0.3, 0.4) is 0 Å². The third-order valence-electron chi connectivity index (χ3n) is 5.24. The summed E-state index contributed by atoms with van der Waals surface area (Å²) in [5, 5.41) is 16.0. The fourth-order valence-corrected chi connectivity index (χ4v) is 3.53. The molecule has 3 aromatic rings. The van der Waals surface area contributed by atoms with E-state index in [-0.39, 0.29) is 29.4 Å². The maximum Gasteiger partial charge on any atom is 0.416 e. The Morgan fingerprint density at radius 2 is 1.68 bits per heavy atom. The summed E-state index contributed by atoms with van der Waals surface area (Å²) in [7, 11) is 0.